The van der Waals surface area contributed by atoms with Gasteiger partial charge in [0.15, 0.2) is 5.84 Å². The molecule has 1 amide bonds. The zero-order chi connectivity index (χ0) is 13.5. The third-order valence-corrected chi connectivity index (χ3v) is 2.41. The van der Waals surface area contributed by atoms with Crippen LogP contribution < -0.4 is 11.1 Å². The van der Waals surface area contributed by atoms with Crippen molar-refractivity contribution in [3.8, 4) is 0 Å². The molecule has 1 aromatic carbocycles. The number of hydrogen-bond donors (Lipinski definition) is 3. The first-order valence-corrected chi connectivity index (χ1v) is 5.66. The van der Waals surface area contributed by atoms with Crippen molar-refractivity contribution < 1.29 is 14.4 Å². The predicted molar refractivity (Wildman–Crippen MR) is 67.1 cm³/mol. The molecule has 0 fully saturated rings. The molecule has 0 unspecified atom stereocenters. The molecular formula is C12H16FN3O2. The van der Waals surface area contributed by atoms with Gasteiger partial charge in [0.05, 0.1) is 11.3 Å². The number of oxime groups is 1. The fourth-order valence-corrected chi connectivity index (χ4v) is 1.49. The number of nitrogens with zero attached hydrogens (tertiary/aromatic N) is 1. The second-order valence-electron chi connectivity index (χ2n) is 3.80. The van der Waals surface area contributed by atoms with Crippen LogP contribution in [-0.2, 0) is 4.79 Å². The van der Waals surface area contributed by atoms with Gasteiger partial charge >= 0.3 is 0 Å². The van der Waals surface area contributed by atoms with E-state index in [4.69, 9.17) is 10.9 Å². The molecule has 5 nitrogen and oxygen atoms in total. The van der Waals surface area contributed by atoms with Crippen molar-refractivity contribution in [2.24, 2.45) is 10.9 Å². The topological polar surface area (TPSA) is 87.7 Å². The summed E-state index contributed by atoms with van der Waals surface area (Å²) in [5.74, 6) is -1.26. The lowest BCUT2D eigenvalue weighted by Gasteiger charge is -2.10. The molecule has 0 spiro atoms. The molecule has 0 aliphatic carbocycles. The summed E-state index contributed by atoms with van der Waals surface area (Å²) in [5.41, 5.74) is 5.47. The molecule has 0 aromatic heterocycles. The standard InChI is InChI=1S/C12H16FN3O2/c1-2-3-7-10(17)15-9-6-4-5-8(13)11(9)12(14)16-18/h4-6,18H,2-3,7H2,1H3,(H2,14,16)(H,15,17). The van der Waals surface area contributed by atoms with Crippen LogP contribution >= 0.6 is 0 Å². The van der Waals surface area contributed by atoms with Gasteiger partial charge in [0.2, 0.25) is 5.91 Å². The zero-order valence-corrected chi connectivity index (χ0v) is 10.1. The van der Waals surface area contributed by atoms with Gasteiger partial charge in [0.1, 0.15) is 5.82 Å². The SMILES string of the molecule is CCCCC(=O)Nc1cccc(F)c1/C(N)=N/O. The Morgan fingerprint density at radius 2 is 2.28 bits per heavy atom. The molecule has 1 rings (SSSR count). The van der Waals surface area contributed by atoms with Crippen LogP contribution in [0.25, 0.3) is 0 Å². The van der Waals surface area contributed by atoms with Gasteiger partial charge in [-0.05, 0) is 18.6 Å². The van der Waals surface area contributed by atoms with E-state index < -0.39 is 5.82 Å². The van der Waals surface area contributed by atoms with Gasteiger partial charge in [-0.3, -0.25) is 4.79 Å². The number of nitrogens with two attached hydrogens (primary N) is 1. The minimum absolute atomic E-state index is 0.107. The highest BCUT2D eigenvalue weighted by molar-refractivity contribution is 6.05. The van der Waals surface area contributed by atoms with Gasteiger partial charge in [-0.1, -0.05) is 24.6 Å². The largest absolute Gasteiger partial charge is 0.409 e. The van der Waals surface area contributed by atoms with Crippen LogP contribution in [0.15, 0.2) is 23.4 Å². The van der Waals surface area contributed by atoms with Gasteiger partial charge in [-0.15, -0.1) is 0 Å². The number of unbranched alkanes of at least 4 members (excludes halogenated alkanes) is 1. The summed E-state index contributed by atoms with van der Waals surface area (Å²) in [6, 6.07) is 4.12. The summed E-state index contributed by atoms with van der Waals surface area (Å²) in [7, 11) is 0. The van der Waals surface area contributed by atoms with E-state index in [1.54, 1.807) is 0 Å². The van der Waals surface area contributed by atoms with Crippen molar-refractivity contribution >= 4 is 17.4 Å². The van der Waals surface area contributed by atoms with Crippen LogP contribution in [0.5, 0.6) is 0 Å². The molecule has 0 bridgehead atoms. The lowest BCUT2D eigenvalue weighted by atomic mass is 10.1. The quantitative estimate of drug-likeness (QED) is 0.325. The van der Waals surface area contributed by atoms with Crippen LogP contribution in [0.3, 0.4) is 0 Å². The average Bonchev–Trinajstić information content (AvgIpc) is 2.35. The van der Waals surface area contributed by atoms with Gasteiger partial charge in [0.25, 0.3) is 0 Å². The Morgan fingerprint density at radius 3 is 2.89 bits per heavy atom. The van der Waals surface area contributed by atoms with Crippen molar-refractivity contribution in [2.75, 3.05) is 5.32 Å². The molecule has 0 atom stereocenters. The Bertz CT molecular complexity index is 461. The molecule has 98 valence electrons. The molecule has 4 N–H and O–H groups in total. The zero-order valence-electron chi connectivity index (χ0n) is 10.1. The van der Waals surface area contributed by atoms with E-state index in [-0.39, 0.29) is 23.0 Å². The lowest BCUT2D eigenvalue weighted by molar-refractivity contribution is -0.116. The van der Waals surface area contributed by atoms with Crippen molar-refractivity contribution in [2.45, 2.75) is 26.2 Å². The Labute approximate surface area is 104 Å². The van der Waals surface area contributed by atoms with E-state index in [2.05, 4.69) is 10.5 Å². The first-order valence-electron chi connectivity index (χ1n) is 5.66. The molecule has 0 aliphatic heterocycles. The van der Waals surface area contributed by atoms with Crippen LogP contribution in [0.1, 0.15) is 31.7 Å². The highest BCUT2D eigenvalue weighted by atomic mass is 19.1. The maximum absolute atomic E-state index is 13.6. The minimum Gasteiger partial charge on any atom is -0.409 e. The second kappa shape index (κ2) is 6.58. The molecule has 0 radical (unpaired) electrons. The summed E-state index contributed by atoms with van der Waals surface area (Å²) < 4.78 is 13.6. The number of carbonyl (C=O) groups is 1. The first-order chi connectivity index (χ1) is 8.60. The summed E-state index contributed by atoms with van der Waals surface area (Å²) in [4.78, 5) is 11.6. The fourth-order valence-electron chi connectivity index (χ4n) is 1.49. The Kier molecular flexibility index (Phi) is 5.10. The number of amidine groups is 1. The fraction of sp³-hybridized carbons (Fsp3) is 0.333. The molecule has 6 heteroatoms. The van der Waals surface area contributed by atoms with Crippen molar-refractivity contribution in [1.29, 1.82) is 0 Å². The van der Waals surface area contributed by atoms with Crippen molar-refractivity contribution in [1.82, 2.24) is 0 Å². The Morgan fingerprint density at radius 1 is 1.56 bits per heavy atom. The first kappa shape index (κ1) is 14.0. The third kappa shape index (κ3) is 3.44. The number of halogens is 1. The number of carbonyl (C=O) groups excluding carboxylic acids is 1. The van der Waals surface area contributed by atoms with E-state index >= 15 is 0 Å². The third-order valence-electron chi connectivity index (χ3n) is 2.41. The van der Waals surface area contributed by atoms with Gasteiger partial charge in [0, 0.05) is 6.42 Å². The van der Waals surface area contributed by atoms with Crippen LogP contribution in [0, 0.1) is 5.82 Å². The number of rotatable bonds is 5. The van der Waals surface area contributed by atoms with E-state index in [9.17, 15) is 9.18 Å². The second-order valence-corrected chi connectivity index (χ2v) is 3.80. The summed E-state index contributed by atoms with van der Waals surface area (Å²) >= 11 is 0. The Hall–Kier alpha value is -2.11. The molecule has 0 saturated carbocycles. The number of anilines is 1. The van der Waals surface area contributed by atoms with Gasteiger partial charge < -0.3 is 16.3 Å². The highest BCUT2D eigenvalue weighted by Gasteiger charge is 2.14. The maximum Gasteiger partial charge on any atom is 0.224 e. The molecule has 0 heterocycles. The molecule has 0 saturated heterocycles. The number of amides is 1. The lowest BCUT2D eigenvalue weighted by Crippen LogP contribution is -2.20. The van der Waals surface area contributed by atoms with Crippen LogP contribution in [0.4, 0.5) is 10.1 Å². The highest BCUT2D eigenvalue weighted by Crippen LogP contribution is 2.19. The normalized spacial score (nSPS) is 11.3. The van der Waals surface area contributed by atoms with E-state index in [1.165, 1.54) is 18.2 Å². The van der Waals surface area contributed by atoms with Crippen molar-refractivity contribution in [3.63, 3.8) is 0 Å². The monoisotopic (exact) mass is 253 g/mol. The molecule has 1 aromatic rings. The summed E-state index contributed by atoms with van der Waals surface area (Å²) in [6.45, 7) is 1.97. The Balaban J connectivity index is 2.95. The van der Waals surface area contributed by atoms with Crippen LogP contribution in [0.2, 0.25) is 0 Å². The van der Waals surface area contributed by atoms with E-state index in [0.29, 0.717) is 6.42 Å². The number of hydrogen-bond acceptors (Lipinski definition) is 3. The summed E-state index contributed by atoms with van der Waals surface area (Å²) in [5, 5.41) is 13.9. The summed E-state index contributed by atoms with van der Waals surface area (Å²) in [6.07, 6.45) is 1.99. The predicted octanol–water partition coefficient (Wildman–Crippen LogP) is 2.05. The average molecular weight is 253 g/mol. The van der Waals surface area contributed by atoms with Crippen LogP contribution in [-0.4, -0.2) is 17.0 Å². The molecule has 18 heavy (non-hydrogen) atoms. The smallest absolute Gasteiger partial charge is 0.224 e. The molecule has 0 aliphatic rings. The van der Waals surface area contributed by atoms with Crippen molar-refractivity contribution in [3.05, 3.63) is 29.6 Å². The minimum atomic E-state index is -0.654. The number of benzene rings is 1. The maximum atomic E-state index is 13.6. The van der Waals surface area contributed by atoms with Gasteiger partial charge in [-0.2, -0.15) is 0 Å². The van der Waals surface area contributed by atoms with E-state index in [1.807, 2.05) is 6.92 Å². The van der Waals surface area contributed by atoms with E-state index in [0.717, 1.165) is 12.8 Å². The van der Waals surface area contributed by atoms with Gasteiger partial charge in [-0.25, -0.2) is 4.39 Å². The number of nitrogens with one attached hydrogen (secondary N) is 1. The molecular weight excluding hydrogens is 237 g/mol.